The summed E-state index contributed by atoms with van der Waals surface area (Å²) in [4.78, 5) is 55.3. The normalized spacial score (nSPS) is 23.0. The molecule has 3 aromatic carbocycles. The van der Waals surface area contributed by atoms with Gasteiger partial charge in [0.2, 0.25) is 0 Å². The van der Waals surface area contributed by atoms with E-state index in [0.29, 0.717) is 29.4 Å². The van der Waals surface area contributed by atoms with Gasteiger partial charge in [-0.05, 0) is 64.9 Å². The Morgan fingerprint density at radius 1 is 0.628 bits per heavy atom. The topological polar surface area (TPSA) is 96.0 Å². The third kappa shape index (κ3) is 6.46. The zero-order valence-corrected chi connectivity index (χ0v) is 24.5. The second kappa shape index (κ2) is 13.2. The van der Waals surface area contributed by atoms with Gasteiger partial charge in [-0.15, -0.1) is 0 Å². The van der Waals surface area contributed by atoms with Gasteiger partial charge in [0.05, 0.1) is 26.1 Å². The van der Waals surface area contributed by atoms with E-state index in [1.807, 2.05) is 48.5 Å². The summed E-state index contributed by atoms with van der Waals surface area (Å²) in [5.41, 5.74) is 2.37. The van der Waals surface area contributed by atoms with Crippen molar-refractivity contribution in [3.8, 4) is 17.2 Å². The third-order valence-electron chi connectivity index (χ3n) is 8.70. The molecule has 0 atom stereocenters. The van der Waals surface area contributed by atoms with E-state index in [2.05, 4.69) is 6.58 Å². The first-order valence-electron chi connectivity index (χ1n) is 14.5. The van der Waals surface area contributed by atoms with Gasteiger partial charge in [0.1, 0.15) is 47.0 Å². The molecule has 2 saturated carbocycles. The molecule has 0 radical (unpaired) electrons. The van der Waals surface area contributed by atoms with E-state index >= 15 is 0 Å². The van der Waals surface area contributed by atoms with Crippen molar-refractivity contribution >= 4 is 23.1 Å². The van der Waals surface area contributed by atoms with Crippen LogP contribution in [0.1, 0.15) is 60.1 Å². The number of carbonyl (C=O) groups is 4. The Labute approximate surface area is 251 Å². The number of ketones is 4. The van der Waals surface area contributed by atoms with Gasteiger partial charge in [-0.25, -0.2) is 0 Å². The third-order valence-corrected chi connectivity index (χ3v) is 8.70. The van der Waals surface area contributed by atoms with Crippen molar-refractivity contribution in [1.29, 1.82) is 0 Å². The molecule has 0 aromatic heterocycles. The van der Waals surface area contributed by atoms with E-state index in [9.17, 15) is 19.2 Å². The van der Waals surface area contributed by atoms with E-state index in [-0.39, 0.29) is 60.7 Å². The number of hydrogen-bond donors (Lipinski definition) is 0. The molecule has 5 rings (SSSR count). The predicted molar refractivity (Wildman–Crippen MR) is 162 cm³/mol. The number of ether oxygens (including phenoxy) is 3. The molecule has 3 aromatic rings. The molecule has 222 valence electrons. The van der Waals surface area contributed by atoms with E-state index in [1.54, 1.807) is 44.6 Å². The average molecular weight is 581 g/mol. The number of carbonyl (C=O) groups excluding carboxylic acids is 4. The van der Waals surface area contributed by atoms with Crippen LogP contribution in [0.3, 0.4) is 0 Å². The van der Waals surface area contributed by atoms with Crippen molar-refractivity contribution in [2.45, 2.75) is 43.4 Å². The molecule has 7 nitrogen and oxygen atoms in total. The molecule has 0 unspecified atom stereocenters. The molecular weight excluding hydrogens is 544 g/mol. The van der Waals surface area contributed by atoms with Gasteiger partial charge in [-0.2, -0.15) is 0 Å². The molecule has 0 N–H and O–H groups in total. The lowest BCUT2D eigenvalue weighted by Gasteiger charge is -2.38. The summed E-state index contributed by atoms with van der Waals surface area (Å²) in [6, 6.07) is 21.7. The summed E-state index contributed by atoms with van der Waals surface area (Å²) in [5.74, 6) is -2.57. The quantitative estimate of drug-likeness (QED) is 0.214. The Morgan fingerprint density at radius 2 is 1.00 bits per heavy atom. The summed E-state index contributed by atoms with van der Waals surface area (Å²) in [6.07, 6.45) is 2.26. The molecule has 0 saturated heterocycles. The first-order valence-corrected chi connectivity index (χ1v) is 14.5. The Morgan fingerprint density at radius 3 is 1.35 bits per heavy atom. The molecule has 2 aliphatic rings. The highest BCUT2D eigenvalue weighted by Gasteiger charge is 2.50. The predicted octanol–water partition coefficient (Wildman–Crippen LogP) is 6.02. The molecule has 0 aliphatic heterocycles. The number of rotatable bonds is 10. The van der Waals surface area contributed by atoms with Crippen LogP contribution in [0.2, 0.25) is 0 Å². The molecule has 0 amide bonds. The van der Waals surface area contributed by atoms with Crippen LogP contribution >= 0.6 is 0 Å². The zero-order chi connectivity index (χ0) is 30.5. The summed E-state index contributed by atoms with van der Waals surface area (Å²) in [6.45, 7) is 3.98. The lowest BCUT2D eigenvalue weighted by molar-refractivity contribution is -0.142. The van der Waals surface area contributed by atoms with Crippen molar-refractivity contribution in [3.63, 3.8) is 0 Å². The van der Waals surface area contributed by atoms with Gasteiger partial charge in [-0.3, -0.25) is 19.2 Å². The largest absolute Gasteiger partial charge is 0.497 e. The molecule has 7 heteroatoms. The number of Topliss-reactive ketones (excluding diaryl/α,β-unsaturated/α-hetero) is 4. The van der Waals surface area contributed by atoms with Gasteiger partial charge >= 0.3 is 0 Å². The van der Waals surface area contributed by atoms with E-state index < -0.39 is 17.8 Å². The fourth-order valence-corrected chi connectivity index (χ4v) is 6.53. The second-order valence-electron chi connectivity index (χ2n) is 11.3. The molecule has 0 bridgehead atoms. The fourth-order valence-electron chi connectivity index (χ4n) is 6.53. The van der Waals surface area contributed by atoms with Crippen LogP contribution in [0.4, 0.5) is 0 Å². The van der Waals surface area contributed by atoms with Crippen molar-refractivity contribution in [3.05, 3.63) is 102 Å². The first kappa shape index (κ1) is 30.0. The summed E-state index contributed by atoms with van der Waals surface area (Å²) in [7, 11) is 3.16. The van der Waals surface area contributed by atoms with Gasteiger partial charge in [-0.1, -0.05) is 49.1 Å². The Balaban J connectivity index is 1.45. The van der Waals surface area contributed by atoms with E-state index in [1.165, 1.54) is 0 Å². The van der Waals surface area contributed by atoms with Crippen LogP contribution in [0.15, 0.2) is 85.5 Å². The SMILES string of the molecule is C=CCOc1ccc(C(C2C(=O)CC(c3ccc(OC)cc3)CC2=O)C2C(=O)CC(c3ccc(OC)cc3)CC2=O)cc1. The van der Waals surface area contributed by atoms with Crippen LogP contribution < -0.4 is 14.2 Å². The van der Waals surface area contributed by atoms with Crippen molar-refractivity contribution in [2.75, 3.05) is 20.8 Å². The van der Waals surface area contributed by atoms with Crippen molar-refractivity contribution in [1.82, 2.24) is 0 Å². The summed E-state index contributed by atoms with van der Waals surface area (Å²) >= 11 is 0. The van der Waals surface area contributed by atoms with Crippen molar-refractivity contribution in [2.24, 2.45) is 11.8 Å². The van der Waals surface area contributed by atoms with Crippen LogP contribution in [0.5, 0.6) is 17.2 Å². The lowest BCUT2D eigenvalue weighted by atomic mass is 9.62. The van der Waals surface area contributed by atoms with Gasteiger partial charge in [0.25, 0.3) is 0 Å². The maximum absolute atomic E-state index is 13.8. The monoisotopic (exact) mass is 580 g/mol. The number of hydrogen-bond acceptors (Lipinski definition) is 7. The smallest absolute Gasteiger partial charge is 0.144 e. The number of methoxy groups -OCH3 is 2. The minimum atomic E-state index is -1.08. The number of benzene rings is 3. The van der Waals surface area contributed by atoms with Gasteiger partial charge in [0.15, 0.2) is 0 Å². The minimum Gasteiger partial charge on any atom is -0.497 e. The molecule has 0 heterocycles. The standard InChI is InChI=1S/C36H36O7/c1-4-17-43-29-15-9-24(10-16-29)34(35-30(37)18-25(19-31(35)38)22-5-11-27(41-2)12-6-22)36-32(39)20-26(21-33(36)40)23-7-13-28(42-3)14-8-23/h4-16,25-26,34-36H,1,17-21H2,2-3H3. The highest BCUT2D eigenvalue weighted by Crippen LogP contribution is 2.46. The average Bonchev–Trinajstić information content (AvgIpc) is 3.02. The summed E-state index contributed by atoms with van der Waals surface area (Å²) in [5, 5.41) is 0. The lowest BCUT2D eigenvalue weighted by Crippen LogP contribution is -2.45. The highest BCUT2D eigenvalue weighted by molar-refractivity contribution is 6.11. The van der Waals surface area contributed by atoms with Crippen molar-refractivity contribution < 1.29 is 33.4 Å². The van der Waals surface area contributed by atoms with E-state index in [4.69, 9.17) is 14.2 Å². The van der Waals surface area contributed by atoms with Gasteiger partial charge < -0.3 is 14.2 Å². The minimum absolute atomic E-state index is 0.156. The molecule has 2 aliphatic carbocycles. The molecule has 0 spiro atoms. The molecule has 2 fully saturated rings. The Kier molecular flexibility index (Phi) is 9.19. The van der Waals surface area contributed by atoms with Crippen LogP contribution in [0, 0.1) is 11.8 Å². The fraction of sp³-hybridized carbons (Fsp3) is 0.333. The van der Waals surface area contributed by atoms with Crippen LogP contribution in [-0.4, -0.2) is 44.0 Å². The highest BCUT2D eigenvalue weighted by atomic mass is 16.5. The van der Waals surface area contributed by atoms with Crippen LogP contribution in [0.25, 0.3) is 0 Å². The van der Waals surface area contributed by atoms with Gasteiger partial charge in [0, 0.05) is 31.6 Å². The maximum Gasteiger partial charge on any atom is 0.144 e. The summed E-state index contributed by atoms with van der Waals surface area (Å²) < 4.78 is 16.1. The second-order valence-corrected chi connectivity index (χ2v) is 11.3. The maximum atomic E-state index is 13.8. The van der Waals surface area contributed by atoms with E-state index in [0.717, 1.165) is 11.1 Å². The van der Waals surface area contributed by atoms with Crippen LogP contribution in [-0.2, 0) is 19.2 Å². The molecule has 43 heavy (non-hydrogen) atoms. The Bertz CT molecular complexity index is 1360. The Hall–Kier alpha value is -4.52. The molecular formula is C36H36O7. The first-order chi connectivity index (χ1) is 20.8. The zero-order valence-electron chi connectivity index (χ0n) is 24.5.